The van der Waals surface area contributed by atoms with E-state index in [2.05, 4.69) is 25.6 Å². The Balaban J connectivity index is 2.98. The fraction of sp³-hybridized carbons (Fsp3) is 0.750. The Morgan fingerprint density at radius 1 is 1.60 bits per heavy atom. The summed E-state index contributed by atoms with van der Waals surface area (Å²) in [6.45, 7) is 6.57. The summed E-state index contributed by atoms with van der Waals surface area (Å²) >= 11 is 0. The predicted octanol–water partition coefficient (Wildman–Crippen LogP) is 1.37. The first-order chi connectivity index (χ1) is 4.63. The molecule has 1 amide bonds. The maximum absolute atomic E-state index is 10.4. The Labute approximate surface area is 63.0 Å². The van der Waals surface area contributed by atoms with Gasteiger partial charge in [0.25, 0.3) is 0 Å². The molecule has 0 spiro atoms. The summed E-state index contributed by atoms with van der Waals surface area (Å²) in [5.41, 5.74) is 0. The van der Waals surface area contributed by atoms with Crippen LogP contribution in [0.1, 0.15) is 27.2 Å². The predicted molar refractivity (Wildman–Crippen MR) is 42.4 cm³/mol. The quantitative estimate of drug-likeness (QED) is 0.590. The maximum atomic E-state index is 10.4. The summed E-state index contributed by atoms with van der Waals surface area (Å²) in [5, 5.41) is 2.73. The van der Waals surface area contributed by atoms with Crippen LogP contribution in [0.5, 0.6) is 0 Å². The summed E-state index contributed by atoms with van der Waals surface area (Å²) in [6.07, 6.45) is 3.16. The molecule has 0 aliphatic rings. The number of carbonyl (C=O) groups excluding carboxylic acids is 1. The number of carbonyl (C=O) groups is 1. The van der Waals surface area contributed by atoms with Crippen molar-refractivity contribution in [1.82, 2.24) is 5.32 Å². The summed E-state index contributed by atoms with van der Waals surface area (Å²) in [5.74, 6) is 0.672. The van der Waals surface area contributed by atoms with Gasteiger partial charge in [-0.1, -0.05) is 13.8 Å². The van der Waals surface area contributed by atoms with E-state index in [1.54, 1.807) is 0 Å². The van der Waals surface area contributed by atoms with Crippen molar-refractivity contribution in [2.75, 3.05) is 6.54 Å². The third-order valence-electron chi connectivity index (χ3n) is 1.16. The summed E-state index contributed by atoms with van der Waals surface area (Å²) in [7, 11) is 0. The zero-order valence-electron chi connectivity index (χ0n) is 6.98. The lowest BCUT2D eigenvalue weighted by molar-refractivity contribution is -0.118. The molecule has 1 N–H and O–H groups in total. The van der Waals surface area contributed by atoms with Gasteiger partial charge in [0, 0.05) is 13.5 Å². The molecule has 59 valence electrons. The van der Waals surface area contributed by atoms with Crippen LogP contribution in [0.3, 0.4) is 0 Å². The minimum Gasteiger partial charge on any atom is -0.356 e. The summed E-state index contributed by atoms with van der Waals surface area (Å²) < 4.78 is 0. The van der Waals surface area contributed by atoms with Gasteiger partial charge >= 0.3 is 0 Å². The van der Waals surface area contributed by atoms with Crippen molar-refractivity contribution in [2.45, 2.75) is 27.2 Å². The van der Waals surface area contributed by atoms with Gasteiger partial charge in [-0.3, -0.25) is 4.79 Å². The molecule has 0 rings (SSSR count). The Morgan fingerprint density at radius 3 is 2.60 bits per heavy atom. The summed E-state index contributed by atoms with van der Waals surface area (Å²) in [4.78, 5) is 10.4. The number of amides is 1. The highest BCUT2D eigenvalue weighted by Crippen LogP contribution is 1.99. The third kappa shape index (κ3) is 7.47. The van der Waals surface area contributed by atoms with Crippen molar-refractivity contribution in [3.8, 4) is 0 Å². The average Bonchev–Trinajstić information content (AvgIpc) is 1.79. The highest BCUT2D eigenvalue weighted by atomic mass is 16.1. The zero-order valence-corrected chi connectivity index (χ0v) is 6.98. The molecule has 0 fully saturated rings. The normalized spacial score (nSPS) is 10.0. The van der Waals surface area contributed by atoms with E-state index in [0.717, 1.165) is 13.0 Å². The van der Waals surface area contributed by atoms with E-state index in [4.69, 9.17) is 0 Å². The highest BCUT2D eigenvalue weighted by molar-refractivity contribution is 5.72. The summed E-state index contributed by atoms with van der Waals surface area (Å²) in [6, 6.07) is 0. The molecule has 0 aliphatic carbocycles. The minimum atomic E-state index is 0.0529. The highest BCUT2D eigenvalue weighted by Gasteiger charge is 1.94. The molecule has 10 heavy (non-hydrogen) atoms. The van der Waals surface area contributed by atoms with Crippen molar-refractivity contribution in [2.24, 2.45) is 5.92 Å². The second kappa shape index (κ2) is 5.27. The SMILES string of the molecule is CC(=O)NCC[CH]C(C)C. The molecule has 2 nitrogen and oxygen atoms in total. The Bertz CT molecular complexity index is 99.4. The molecule has 0 saturated heterocycles. The molecule has 0 heterocycles. The van der Waals surface area contributed by atoms with Crippen molar-refractivity contribution in [3.05, 3.63) is 6.42 Å². The van der Waals surface area contributed by atoms with E-state index in [1.807, 2.05) is 0 Å². The van der Waals surface area contributed by atoms with Crippen LogP contribution in [-0.2, 0) is 4.79 Å². The first-order valence-electron chi connectivity index (χ1n) is 3.70. The van der Waals surface area contributed by atoms with E-state index in [-0.39, 0.29) is 5.91 Å². The zero-order chi connectivity index (χ0) is 7.98. The first-order valence-corrected chi connectivity index (χ1v) is 3.70. The van der Waals surface area contributed by atoms with Crippen molar-refractivity contribution in [3.63, 3.8) is 0 Å². The van der Waals surface area contributed by atoms with Crippen LogP contribution >= 0.6 is 0 Å². The van der Waals surface area contributed by atoms with E-state index >= 15 is 0 Å². The van der Waals surface area contributed by atoms with Gasteiger partial charge in [0.1, 0.15) is 0 Å². The molecule has 0 bridgehead atoms. The van der Waals surface area contributed by atoms with Crippen LogP contribution in [0, 0.1) is 12.3 Å². The number of hydrogen-bond acceptors (Lipinski definition) is 1. The molecular weight excluding hydrogens is 126 g/mol. The van der Waals surface area contributed by atoms with E-state index in [1.165, 1.54) is 6.92 Å². The Kier molecular flexibility index (Phi) is 4.99. The second-order valence-electron chi connectivity index (χ2n) is 2.75. The lowest BCUT2D eigenvalue weighted by atomic mass is 10.1. The minimum absolute atomic E-state index is 0.0529. The van der Waals surface area contributed by atoms with E-state index in [9.17, 15) is 4.79 Å². The van der Waals surface area contributed by atoms with Gasteiger partial charge in [-0.2, -0.15) is 0 Å². The van der Waals surface area contributed by atoms with Crippen molar-refractivity contribution >= 4 is 5.91 Å². The van der Waals surface area contributed by atoms with Crippen LogP contribution < -0.4 is 5.32 Å². The standard InChI is InChI=1S/C8H16NO/c1-7(2)5-4-6-9-8(3)10/h5,7H,4,6H2,1-3H3,(H,9,10). The smallest absolute Gasteiger partial charge is 0.216 e. The Morgan fingerprint density at radius 2 is 2.20 bits per heavy atom. The van der Waals surface area contributed by atoms with Crippen LogP contribution in [0.2, 0.25) is 0 Å². The van der Waals surface area contributed by atoms with Gasteiger partial charge in [-0.25, -0.2) is 0 Å². The number of nitrogens with one attached hydrogen (secondary N) is 1. The van der Waals surface area contributed by atoms with Crippen LogP contribution in [0.25, 0.3) is 0 Å². The molecule has 1 radical (unpaired) electrons. The lowest BCUT2D eigenvalue weighted by Crippen LogP contribution is -2.21. The topological polar surface area (TPSA) is 29.1 Å². The fourth-order valence-electron chi connectivity index (χ4n) is 0.665. The molecule has 0 saturated carbocycles. The van der Waals surface area contributed by atoms with E-state index < -0.39 is 0 Å². The monoisotopic (exact) mass is 142 g/mol. The van der Waals surface area contributed by atoms with E-state index in [0.29, 0.717) is 5.92 Å². The average molecular weight is 142 g/mol. The largest absolute Gasteiger partial charge is 0.356 e. The molecule has 0 atom stereocenters. The second-order valence-corrected chi connectivity index (χ2v) is 2.75. The van der Waals surface area contributed by atoms with Crippen molar-refractivity contribution < 1.29 is 4.79 Å². The molecule has 0 unspecified atom stereocenters. The third-order valence-corrected chi connectivity index (χ3v) is 1.16. The van der Waals surface area contributed by atoms with Gasteiger partial charge in [0.05, 0.1) is 0 Å². The molecule has 0 aromatic rings. The van der Waals surface area contributed by atoms with Crippen LogP contribution in [0.4, 0.5) is 0 Å². The molecule has 0 aromatic heterocycles. The molecule has 0 aliphatic heterocycles. The van der Waals surface area contributed by atoms with Gasteiger partial charge in [0.2, 0.25) is 5.91 Å². The number of rotatable bonds is 4. The number of hydrogen-bond donors (Lipinski definition) is 1. The fourth-order valence-corrected chi connectivity index (χ4v) is 0.665. The maximum Gasteiger partial charge on any atom is 0.216 e. The molecular formula is C8H16NO. The van der Waals surface area contributed by atoms with Gasteiger partial charge in [0.15, 0.2) is 0 Å². The molecule has 0 aromatic carbocycles. The molecule has 2 heteroatoms. The lowest BCUT2D eigenvalue weighted by Gasteiger charge is -2.03. The van der Waals surface area contributed by atoms with Crippen LogP contribution in [-0.4, -0.2) is 12.5 Å². The first kappa shape index (κ1) is 9.47. The van der Waals surface area contributed by atoms with Crippen molar-refractivity contribution in [1.29, 1.82) is 0 Å². The van der Waals surface area contributed by atoms with Gasteiger partial charge in [-0.05, 0) is 18.8 Å². The van der Waals surface area contributed by atoms with Crippen LogP contribution in [0.15, 0.2) is 0 Å². The van der Waals surface area contributed by atoms with Gasteiger partial charge in [-0.15, -0.1) is 0 Å². The van der Waals surface area contributed by atoms with Gasteiger partial charge < -0.3 is 5.32 Å². The Hall–Kier alpha value is -0.530.